The summed E-state index contributed by atoms with van der Waals surface area (Å²) in [7, 11) is 0. The Morgan fingerprint density at radius 2 is 1.90 bits per heavy atom. The van der Waals surface area contributed by atoms with E-state index in [2.05, 4.69) is 6.58 Å². The lowest BCUT2D eigenvalue weighted by molar-refractivity contribution is -0.384. The average molecular weight is 413 g/mol. The minimum Gasteiger partial charge on any atom is -0.470 e. The first kappa shape index (κ1) is 20.6. The highest BCUT2D eigenvalue weighted by Crippen LogP contribution is 2.36. The van der Waals surface area contributed by atoms with Crippen LogP contribution in [-0.4, -0.2) is 21.1 Å². The molecule has 0 bridgehead atoms. The van der Waals surface area contributed by atoms with Crippen LogP contribution in [-0.2, 0) is 16.1 Å². The number of benzene rings is 2. The summed E-state index contributed by atoms with van der Waals surface area (Å²) >= 11 is 6.20. The zero-order valence-corrected chi connectivity index (χ0v) is 16.7. The Morgan fingerprint density at radius 3 is 2.48 bits per heavy atom. The number of nitrogens with zero attached hydrogens (tertiary/aromatic N) is 2. The molecular weight excluding hydrogens is 392 g/mol. The minimum absolute atomic E-state index is 0.0191. The van der Waals surface area contributed by atoms with Crippen molar-refractivity contribution in [1.82, 2.24) is 4.90 Å². The minimum atomic E-state index is -0.690. The van der Waals surface area contributed by atoms with Gasteiger partial charge in [0.1, 0.15) is 5.76 Å². The summed E-state index contributed by atoms with van der Waals surface area (Å²) in [6.45, 7) is 5.74. The van der Waals surface area contributed by atoms with Crippen molar-refractivity contribution in [3.8, 4) is 0 Å². The summed E-state index contributed by atoms with van der Waals surface area (Å²) in [6.07, 6.45) is 1.21. The lowest BCUT2D eigenvalue weighted by Crippen LogP contribution is -2.41. The van der Waals surface area contributed by atoms with E-state index in [1.54, 1.807) is 30.0 Å². The number of amides is 1. The van der Waals surface area contributed by atoms with Crippen LogP contribution in [0.5, 0.6) is 0 Å². The van der Waals surface area contributed by atoms with Crippen molar-refractivity contribution in [3.63, 3.8) is 0 Å². The number of hydrogen-bond donors (Lipinski definition) is 0. The Labute approximate surface area is 174 Å². The van der Waals surface area contributed by atoms with Crippen molar-refractivity contribution in [2.45, 2.75) is 31.5 Å². The Morgan fingerprint density at radius 1 is 1.24 bits per heavy atom. The van der Waals surface area contributed by atoms with Crippen molar-refractivity contribution in [2.24, 2.45) is 0 Å². The molecule has 1 heterocycles. The number of carbonyl (C=O) groups excluding carboxylic acids is 1. The number of nitro benzene ring substituents is 1. The van der Waals surface area contributed by atoms with Crippen molar-refractivity contribution < 1.29 is 14.5 Å². The number of allylic oxidation sites excluding steroid dienone is 2. The highest BCUT2D eigenvalue weighted by Gasteiger charge is 2.36. The Bertz CT molecular complexity index is 941. The molecule has 0 fully saturated rings. The van der Waals surface area contributed by atoms with Gasteiger partial charge in [-0.15, -0.1) is 18.2 Å². The number of nitro groups is 1. The van der Waals surface area contributed by atoms with E-state index >= 15 is 0 Å². The quantitative estimate of drug-likeness (QED) is 0.274. The third kappa shape index (κ3) is 4.66. The third-order valence-corrected chi connectivity index (χ3v) is 5.09. The topological polar surface area (TPSA) is 72.7 Å². The van der Waals surface area contributed by atoms with Crippen LogP contribution in [0.2, 0.25) is 0 Å². The lowest BCUT2D eigenvalue weighted by Gasteiger charge is -2.38. The summed E-state index contributed by atoms with van der Waals surface area (Å²) in [5.74, 6) is 0.323. The number of non-ortho nitro benzene ring substituents is 1. The van der Waals surface area contributed by atoms with Gasteiger partial charge < -0.3 is 4.74 Å². The van der Waals surface area contributed by atoms with Crippen LogP contribution in [0, 0.1) is 10.1 Å². The van der Waals surface area contributed by atoms with Gasteiger partial charge >= 0.3 is 0 Å². The molecule has 3 rings (SSSR count). The Balaban J connectivity index is 1.98. The second kappa shape index (κ2) is 8.92. The molecule has 7 heteroatoms. The molecule has 1 aliphatic heterocycles. The van der Waals surface area contributed by atoms with Crippen LogP contribution in [0.25, 0.3) is 0 Å². The summed E-state index contributed by atoms with van der Waals surface area (Å²) < 4.78 is 6.11. The smallest absolute Gasteiger partial charge is 0.269 e. The monoisotopic (exact) mass is 412 g/mol. The summed E-state index contributed by atoms with van der Waals surface area (Å²) in [4.78, 5) is 25.4. The van der Waals surface area contributed by atoms with Crippen LogP contribution < -0.4 is 0 Å². The van der Waals surface area contributed by atoms with Gasteiger partial charge in [0, 0.05) is 30.7 Å². The molecule has 0 saturated carbocycles. The fourth-order valence-corrected chi connectivity index (χ4v) is 3.34. The molecule has 2 aromatic carbocycles. The maximum atomic E-state index is 13.3. The number of alkyl halides is 1. The second-order valence-corrected chi connectivity index (χ2v) is 7.29. The van der Waals surface area contributed by atoms with Gasteiger partial charge in [-0.25, -0.2) is 0 Å². The number of rotatable bonds is 7. The van der Waals surface area contributed by atoms with Gasteiger partial charge in [-0.2, -0.15) is 0 Å². The normalized spacial score (nSPS) is 17.7. The van der Waals surface area contributed by atoms with Gasteiger partial charge in [0.2, 0.25) is 6.23 Å². The first-order chi connectivity index (χ1) is 13.9. The van der Waals surface area contributed by atoms with Crippen molar-refractivity contribution in [1.29, 1.82) is 0 Å². The van der Waals surface area contributed by atoms with Gasteiger partial charge in [0.25, 0.3) is 11.6 Å². The Kier molecular flexibility index (Phi) is 6.34. The first-order valence-electron chi connectivity index (χ1n) is 9.13. The molecule has 1 aliphatic rings. The number of ether oxygens (including phenoxy) is 1. The zero-order valence-electron chi connectivity index (χ0n) is 16.0. The molecule has 150 valence electrons. The highest BCUT2D eigenvalue weighted by atomic mass is 35.5. The van der Waals surface area contributed by atoms with Crippen molar-refractivity contribution in [2.75, 3.05) is 0 Å². The van der Waals surface area contributed by atoms with Crippen LogP contribution in [0.4, 0.5) is 5.69 Å². The zero-order chi connectivity index (χ0) is 21.0. The maximum absolute atomic E-state index is 13.3. The molecule has 0 aliphatic carbocycles. The van der Waals surface area contributed by atoms with Crippen LogP contribution in [0.3, 0.4) is 0 Å². The van der Waals surface area contributed by atoms with E-state index in [0.717, 1.165) is 5.56 Å². The number of hydrogen-bond acceptors (Lipinski definition) is 4. The van der Waals surface area contributed by atoms with E-state index < -0.39 is 11.2 Å². The Hall–Kier alpha value is -3.12. The predicted molar refractivity (Wildman–Crippen MR) is 111 cm³/mol. The summed E-state index contributed by atoms with van der Waals surface area (Å²) in [5.41, 5.74) is 2.08. The number of carbonyl (C=O) groups is 1. The van der Waals surface area contributed by atoms with Crippen LogP contribution in [0.1, 0.15) is 30.7 Å². The fraction of sp³-hybridized carbons (Fsp3) is 0.227. The molecule has 0 aromatic heterocycles. The fourth-order valence-electron chi connectivity index (χ4n) is 3.19. The molecule has 0 N–H and O–H groups in total. The van der Waals surface area contributed by atoms with Crippen molar-refractivity contribution in [3.05, 3.63) is 99.8 Å². The first-order valence-corrected chi connectivity index (χ1v) is 9.56. The molecule has 2 unspecified atom stereocenters. The molecule has 29 heavy (non-hydrogen) atoms. The molecule has 0 saturated heterocycles. The van der Waals surface area contributed by atoms with E-state index in [1.807, 2.05) is 30.3 Å². The van der Waals surface area contributed by atoms with Gasteiger partial charge in [0.15, 0.2) is 0 Å². The third-order valence-electron chi connectivity index (χ3n) is 4.76. The molecule has 0 spiro atoms. The largest absolute Gasteiger partial charge is 0.470 e. The van der Waals surface area contributed by atoms with Crippen LogP contribution in [0.15, 0.2) is 78.6 Å². The molecule has 2 atom stereocenters. The van der Waals surface area contributed by atoms with Gasteiger partial charge in [-0.3, -0.25) is 19.8 Å². The van der Waals surface area contributed by atoms with Crippen LogP contribution >= 0.6 is 11.6 Å². The molecular formula is C22H21ClN2O4. The summed E-state index contributed by atoms with van der Waals surface area (Å²) in [5, 5.41) is 10.6. The molecule has 0 radical (unpaired) electrons. The van der Waals surface area contributed by atoms with Gasteiger partial charge in [0.05, 0.1) is 15.9 Å². The van der Waals surface area contributed by atoms with E-state index in [9.17, 15) is 14.9 Å². The van der Waals surface area contributed by atoms with Crippen molar-refractivity contribution >= 4 is 23.2 Å². The molecule has 1 amide bonds. The van der Waals surface area contributed by atoms with E-state index in [-0.39, 0.29) is 17.0 Å². The predicted octanol–water partition coefficient (Wildman–Crippen LogP) is 5.11. The standard InChI is InChI=1S/C22H21ClN2O4/c1-3-18(23)13-20-15(2)29-22(17-9-11-19(12-10-17)25(27)28)24(21(20)26)14-16-7-5-4-6-8-16/h3-12,18,22H,1,13-14H2,2H3. The van der Waals surface area contributed by atoms with E-state index in [4.69, 9.17) is 16.3 Å². The lowest BCUT2D eigenvalue weighted by atomic mass is 10.0. The highest BCUT2D eigenvalue weighted by molar-refractivity contribution is 6.22. The molecule has 2 aromatic rings. The van der Waals surface area contributed by atoms with E-state index in [0.29, 0.717) is 29.9 Å². The second-order valence-electron chi connectivity index (χ2n) is 6.73. The maximum Gasteiger partial charge on any atom is 0.269 e. The van der Waals surface area contributed by atoms with E-state index in [1.165, 1.54) is 12.1 Å². The van der Waals surface area contributed by atoms with Gasteiger partial charge in [-0.1, -0.05) is 36.4 Å². The van der Waals surface area contributed by atoms with Gasteiger partial charge in [-0.05, 0) is 24.6 Å². The SMILES string of the molecule is C=CC(Cl)CC1=C(C)OC(c2ccc([N+](=O)[O-])cc2)N(Cc2ccccc2)C1=O. The average Bonchev–Trinajstić information content (AvgIpc) is 2.73. The molecule has 6 nitrogen and oxygen atoms in total. The number of halogens is 1. The summed E-state index contributed by atoms with van der Waals surface area (Å²) in [6, 6.07) is 15.6.